The van der Waals surface area contributed by atoms with Crippen LogP contribution < -0.4 is 10.2 Å². The lowest BCUT2D eigenvalue weighted by Crippen LogP contribution is -2.39. The molecule has 9 nitrogen and oxygen atoms in total. The fraction of sp³-hybridized carbons (Fsp3) is 0.320. The van der Waals surface area contributed by atoms with Crippen molar-refractivity contribution in [2.45, 2.75) is 31.3 Å². The highest BCUT2D eigenvalue weighted by molar-refractivity contribution is 5.89. The van der Waals surface area contributed by atoms with E-state index < -0.39 is 17.2 Å². The number of fused-ring (bicyclic) bond motifs is 1. The molecule has 1 N–H and O–H groups in total. The molecule has 1 spiro atoms. The summed E-state index contributed by atoms with van der Waals surface area (Å²) in [6.45, 7) is 1.22. The number of anilines is 2. The van der Waals surface area contributed by atoms with Crippen LogP contribution in [0.15, 0.2) is 54.9 Å². The Morgan fingerprint density at radius 1 is 1.11 bits per heavy atom. The smallest absolute Gasteiger partial charge is 0.416 e. The molecule has 3 aromatic heterocycles. The average Bonchev–Trinajstić information content (AvgIpc) is 3.44. The van der Waals surface area contributed by atoms with Crippen LogP contribution in [0.5, 0.6) is 0 Å². The van der Waals surface area contributed by atoms with Gasteiger partial charge >= 0.3 is 6.09 Å². The van der Waals surface area contributed by atoms with E-state index in [1.54, 1.807) is 33.9 Å². The largest absolute Gasteiger partial charge is 0.441 e. The maximum Gasteiger partial charge on any atom is 0.416 e. The van der Waals surface area contributed by atoms with E-state index >= 15 is 0 Å². The number of nitrogens with zero attached hydrogens (tertiary/aromatic N) is 6. The minimum atomic E-state index is -0.652. The Morgan fingerprint density at radius 3 is 2.67 bits per heavy atom. The van der Waals surface area contributed by atoms with E-state index in [-0.39, 0.29) is 6.09 Å². The third-order valence-electron chi connectivity index (χ3n) is 6.87. The van der Waals surface area contributed by atoms with Crippen LogP contribution in [0.4, 0.5) is 25.2 Å². The van der Waals surface area contributed by atoms with Gasteiger partial charge in [-0.15, -0.1) is 10.2 Å². The van der Waals surface area contributed by atoms with Crippen molar-refractivity contribution < 1.29 is 18.3 Å². The molecule has 2 aliphatic rings. The number of halogens is 2. The molecule has 1 aliphatic carbocycles. The minimum Gasteiger partial charge on any atom is -0.441 e. The molecule has 36 heavy (non-hydrogen) atoms. The van der Waals surface area contributed by atoms with Gasteiger partial charge in [0.05, 0.1) is 18.4 Å². The van der Waals surface area contributed by atoms with Crippen molar-refractivity contribution in [2.24, 2.45) is 5.92 Å². The Labute approximate surface area is 205 Å². The zero-order chi connectivity index (χ0) is 24.7. The normalized spacial score (nSPS) is 21.8. The number of carbonyl (C=O) groups excluding carboxylic acids is 1. The molecule has 1 amide bonds. The quantitative estimate of drug-likeness (QED) is 0.440. The topological polar surface area (TPSA) is 97.5 Å². The molecule has 0 bridgehead atoms. The van der Waals surface area contributed by atoms with Gasteiger partial charge in [0, 0.05) is 24.4 Å². The van der Waals surface area contributed by atoms with Crippen molar-refractivity contribution in [1.29, 1.82) is 0 Å². The molecule has 1 saturated heterocycles. The number of carbonyl (C=O) groups is 1. The number of amides is 1. The fourth-order valence-electron chi connectivity index (χ4n) is 4.97. The summed E-state index contributed by atoms with van der Waals surface area (Å²) in [7, 11) is 0. The first-order valence-electron chi connectivity index (χ1n) is 11.8. The Bertz CT molecular complexity index is 1400. The van der Waals surface area contributed by atoms with Crippen LogP contribution >= 0.6 is 0 Å². The highest BCUT2D eigenvalue weighted by Gasteiger charge is 2.48. The molecule has 4 aromatic rings. The van der Waals surface area contributed by atoms with Crippen LogP contribution in [0.3, 0.4) is 0 Å². The predicted molar refractivity (Wildman–Crippen MR) is 127 cm³/mol. The van der Waals surface area contributed by atoms with Crippen LogP contribution in [0.2, 0.25) is 0 Å². The number of nitrogens with one attached hydrogen (secondary N) is 1. The van der Waals surface area contributed by atoms with Gasteiger partial charge in [-0.25, -0.2) is 23.1 Å². The van der Waals surface area contributed by atoms with Gasteiger partial charge in [-0.05, 0) is 68.0 Å². The van der Waals surface area contributed by atoms with Gasteiger partial charge in [0.1, 0.15) is 23.1 Å². The SMILES string of the molecule is O=C1O[C@]2(CC[C@H](CNc3ccc4nc(-c5cc(F)cc(F)c5)cn4n3)CC2)CN1c1cccnn1. The lowest BCUT2D eigenvalue weighted by Gasteiger charge is -2.35. The van der Waals surface area contributed by atoms with Crippen LogP contribution in [-0.2, 0) is 4.74 Å². The Hall–Kier alpha value is -4.15. The Kier molecular flexibility index (Phi) is 5.46. The summed E-state index contributed by atoms with van der Waals surface area (Å²) in [4.78, 5) is 18.4. The summed E-state index contributed by atoms with van der Waals surface area (Å²) in [6.07, 6.45) is 6.24. The number of ether oxygens (including phenoxy) is 1. The van der Waals surface area contributed by atoms with Crippen molar-refractivity contribution >= 4 is 23.4 Å². The van der Waals surface area contributed by atoms with Crippen molar-refractivity contribution in [1.82, 2.24) is 24.8 Å². The highest BCUT2D eigenvalue weighted by Crippen LogP contribution is 2.40. The first-order valence-corrected chi connectivity index (χ1v) is 11.8. The summed E-state index contributed by atoms with van der Waals surface area (Å²) in [5, 5.41) is 15.8. The van der Waals surface area contributed by atoms with E-state index in [1.807, 2.05) is 12.1 Å². The van der Waals surface area contributed by atoms with Crippen LogP contribution in [0, 0.1) is 17.6 Å². The van der Waals surface area contributed by atoms with E-state index in [4.69, 9.17) is 4.74 Å². The van der Waals surface area contributed by atoms with E-state index in [0.717, 1.165) is 38.3 Å². The summed E-state index contributed by atoms with van der Waals surface area (Å²) in [5.41, 5.74) is 0.896. The first-order chi connectivity index (χ1) is 17.5. The maximum atomic E-state index is 13.6. The van der Waals surface area contributed by atoms with Gasteiger partial charge in [0.2, 0.25) is 0 Å². The number of aromatic nitrogens is 5. The summed E-state index contributed by atoms with van der Waals surface area (Å²) in [5.74, 6) is 0.292. The van der Waals surface area contributed by atoms with Gasteiger partial charge in [-0.3, -0.25) is 4.90 Å². The van der Waals surface area contributed by atoms with E-state index in [9.17, 15) is 13.6 Å². The third-order valence-corrected chi connectivity index (χ3v) is 6.87. The van der Waals surface area contributed by atoms with Crippen molar-refractivity contribution in [2.75, 3.05) is 23.3 Å². The molecule has 1 saturated carbocycles. The van der Waals surface area contributed by atoms with Gasteiger partial charge in [-0.1, -0.05) is 0 Å². The number of hydrogen-bond acceptors (Lipinski definition) is 7. The summed E-state index contributed by atoms with van der Waals surface area (Å²) >= 11 is 0. The average molecular weight is 492 g/mol. The zero-order valence-electron chi connectivity index (χ0n) is 19.3. The van der Waals surface area contributed by atoms with E-state index in [1.165, 1.54) is 12.1 Å². The molecular formula is C25H23F2N7O2. The molecule has 0 atom stereocenters. The molecule has 1 aromatic carbocycles. The Balaban J connectivity index is 1.07. The number of hydrogen-bond donors (Lipinski definition) is 1. The number of imidazole rings is 1. The second-order valence-electron chi connectivity index (χ2n) is 9.35. The molecule has 1 aliphatic heterocycles. The Morgan fingerprint density at radius 2 is 1.92 bits per heavy atom. The van der Waals surface area contributed by atoms with E-state index in [0.29, 0.717) is 41.0 Å². The first kappa shape index (κ1) is 22.3. The highest BCUT2D eigenvalue weighted by atomic mass is 19.1. The van der Waals surface area contributed by atoms with Gasteiger partial charge in [0.15, 0.2) is 11.5 Å². The van der Waals surface area contributed by atoms with Crippen molar-refractivity contribution in [3.8, 4) is 11.3 Å². The van der Waals surface area contributed by atoms with Crippen LogP contribution in [0.25, 0.3) is 16.9 Å². The van der Waals surface area contributed by atoms with Crippen LogP contribution in [-0.4, -0.2) is 49.6 Å². The number of rotatable bonds is 5. The monoisotopic (exact) mass is 491 g/mol. The van der Waals surface area contributed by atoms with E-state index in [2.05, 4.69) is 25.6 Å². The molecule has 4 heterocycles. The lowest BCUT2D eigenvalue weighted by atomic mass is 9.78. The molecule has 11 heteroatoms. The van der Waals surface area contributed by atoms with Crippen molar-refractivity contribution in [3.63, 3.8) is 0 Å². The summed E-state index contributed by atoms with van der Waals surface area (Å²) in [6, 6.07) is 10.5. The standard InChI is InChI=1S/C25H23F2N7O2/c26-18-10-17(11-19(27)12-18)20-14-34-22(30-20)4-3-21(32-34)28-13-16-5-7-25(8-6-16)15-33(24(35)36-25)23-2-1-9-29-31-23/h1-4,9-12,14,16H,5-8,13,15H2,(H,28,32)/t16-,25-. The fourth-order valence-corrected chi connectivity index (χ4v) is 4.97. The van der Waals surface area contributed by atoms with Gasteiger partial charge < -0.3 is 10.1 Å². The lowest BCUT2D eigenvalue weighted by molar-refractivity contribution is 0.0148. The molecule has 184 valence electrons. The van der Waals surface area contributed by atoms with Crippen molar-refractivity contribution in [3.05, 3.63) is 66.5 Å². The summed E-state index contributed by atoms with van der Waals surface area (Å²) < 4.78 is 34.6. The molecular weight excluding hydrogens is 468 g/mol. The van der Waals surface area contributed by atoms with Crippen LogP contribution in [0.1, 0.15) is 25.7 Å². The van der Waals surface area contributed by atoms with Gasteiger partial charge in [-0.2, -0.15) is 5.10 Å². The number of benzene rings is 1. The minimum absolute atomic E-state index is 0.356. The molecule has 0 unspecified atom stereocenters. The molecule has 2 fully saturated rings. The van der Waals surface area contributed by atoms with Gasteiger partial charge in [0.25, 0.3) is 0 Å². The second-order valence-corrected chi connectivity index (χ2v) is 9.35. The second kappa shape index (κ2) is 8.81. The molecule has 6 rings (SSSR count). The predicted octanol–water partition coefficient (Wildman–Crippen LogP) is 4.46. The maximum absolute atomic E-state index is 13.6. The zero-order valence-corrected chi connectivity index (χ0v) is 19.3. The third kappa shape index (κ3) is 4.32. The molecule has 0 radical (unpaired) electrons.